The summed E-state index contributed by atoms with van der Waals surface area (Å²) in [7, 11) is 0. The lowest BCUT2D eigenvalue weighted by molar-refractivity contribution is -0.112. The molecule has 0 bridgehead atoms. The molecule has 2 aromatic rings. The molecule has 3 rings (SSSR count). The van der Waals surface area contributed by atoms with Crippen molar-refractivity contribution in [1.82, 2.24) is 0 Å². The molecule has 0 spiro atoms. The predicted molar refractivity (Wildman–Crippen MR) is 87.6 cm³/mol. The second kappa shape index (κ2) is 6.69. The number of allylic oxidation sites excluding steroid dienone is 2. The van der Waals surface area contributed by atoms with Crippen LogP contribution < -0.4 is 0 Å². The van der Waals surface area contributed by atoms with E-state index >= 15 is 0 Å². The average Bonchev–Trinajstić information content (AvgIpc) is 2.55. The Morgan fingerprint density at radius 2 is 1.09 bits per heavy atom. The third-order valence-corrected chi connectivity index (χ3v) is 3.90. The quantitative estimate of drug-likeness (QED) is 0.698. The highest BCUT2D eigenvalue weighted by atomic mass is 19.1. The van der Waals surface area contributed by atoms with Gasteiger partial charge in [-0.2, -0.15) is 0 Å². The average molecular weight is 310 g/mol. The van der Waals surface area contributed by atoms with E-state index < -0.39 is 0 Å². The summed E-state index contributed by atoms with van der Waals surface area (Å²) in [4.78, 5) is 12.6. The fourth-order valence-electron chi connectivity index (χ4n) is 2.70. The molecule has 0 unspecified atom stereocenters. The number of carbonyl (C=O) groups excluding carboxylic acids is 1. The summed E-state index contributed by atoms with van der Waals surface area (Å²) >= 11 is 0. The summed E-state index contributed by atoms with van der Waals surface area (Å²) < 4.78 is 25.9. The lowest BCUT2D eigenvalue weighted by atomic mass is 9.87. The highest BCUT2D eigenvalue weighted by Gasteiger charge is 2.20. The fourth-order valence-corrected chi connectivity index (χ4v) is 2.70. The number of carbonyl (C=O) groups is 1. The van der Waals surface area contributed by atoms with Crippen molar-refractivity contribution < 1.29 is 13.6 Å². The first-order valence-corrected chi connectivity index (χ1v) is 7.59. The van der Waals surface area contributed by atoms with Gasteiger partial charge in [0.05, 0.1) is 0 Å². The summed E-state index contributed by atoms with van der Waals surface area (Å²) in [6.07, 6.45) is 5.97. The molecule has 0 aromatic heterocycles. The molecular weight excluding hydrogens is 294 g/mol. The van der Waals surface area contributed by atoms with E-state index in [4.69, 9.17) is 0 Å². The van der Waals surface area contributed by atoms with E-state index in [0.29, 0.717) is 0 Å². The Morgan fingerprint density at radius 1 is 0.696 bits per heavy atom. The van der Waals surface area contributed by atoms with Crippen molar-refractivity contribution >= 4 is 17.9 Å². The van der Waals surface area contributed by atoms with Crippen LogP contribution in [0.2, 0.25) is 0 Å². The van der Waals surface area contributed by atoms with E-state index in [-0.39, 0.29) is 17.4 Å². The first-order valence-electron chi connectivity index (χ1n) is 7.59. The Hall–Kier alpha value is -2.55. The van der Waals surface area contributed by atoms with Crippen LogP contribution in [-0.2, 0) is 4.79 Å². The summed E-state index contributed by atoms with van der Waals surface area (Å²) in [6.45, 7) is 0. The minimum Gasteiger partial charge on any atom is -0.289 e. The first-order chi connectivity index (χ1) is 11.1. The normalized spacial score (nSPS) is 18.6. The third-order valence-electron chi connectivity index (χ3n) is 3.90. The second-order valence-corrected chi connectivity index (χ2v) is 5.62. The molecule has 23 heavy (non-hydrogen) atoms. The Balaban J connectivity index is 1.86. The van der Waals surface area contributed by atoms with Crippen LogP contribution in [0.25, 0.3) is 12.2 Å². The van der Waals surface area contributed by atoms with Crippen molar-refractivity contribution in [1.29, 1.82) is 0 Å². The molecule has 0 saturated heterocycles. The SMILES string of the molecule is O=C1C(=Cc2ccc(F)cc2)CCC/C1=C\c1ccc(F)cc1. The summed E-state index contributed by atoms with van der Waals surface area (Å²) in [5, 5.41) is 0. The molecule has 1 nitrogen and oxygen atoms in total. The van der Waals surface area contributed by atoms with Crippen LogP contribution in [0, 0.1) is 11.6 Å². The van der Waals surface area contributed by atoms with E-state index in [9.17, 15) is 13.6 Å². The maximum absolute atomic E-state index is 13.0. The summed E-state index contributed by atoms with van der Waals surface area (Å²) in [5.74, 6) is -0.567. The number of rotatable bonds is 2. The zero-order chi connectivity index (χ0) is 16.2. The van der Waals surface area contributed by atoms with Crippen molar-refractivity contribution in [2.75, 3.05) is 0 Å². The highest BCUT2D eigenvalue weighted by Crippen LogP contribution is 2.28. The molecule has 1 aliphatic rings. The maximum atomic E-state index is 13.0. The Bertz CT molecular complexity index is 703. The molecule has 0 amide bonds. The monoisotopic (exact) mass is 310 g/mol. The van der Waals surface area contributed by atoms with Gasteiger partial charge in [-0.05, 0) is 66.8 Å². The largest absolute Gasteiger partial charge is 0.289 e. The summed E-state index contributed by atoms with van der Waals surface area (Å²) in [5.41, 5.74) is 3.10. The van der Waals surface area contributed by atoms with Gasteiger partial charge < -0.3 is 0 Å². The fraction of sp³-hybridized carbons (Fsp3) is 0.150. The standard InChI is InChI=1S/C20H16F2O/c21-18-8-4-14(5-9-18)12-16-2-1-3-17(20(16)23)13-15-6-10-19(22)11-7-15/h4-13H,1-3H2/b16-12+,17-13?. The molecule has 0 atom stereocenters. The van der Waals surface area contributed by atoms with E-state index in [1.165, 1.54) is 24.3 Å². The van der Waals surface area contributed by atoms with E-state index in [1.807, 2.05) is 12.2 Å². The summed E-state index contributed by atoms with van der Waals surface area (Å²) in [6, 6.07) is 12.2. The van der Waals surface area contributed by atoms with Gasteiger partial charge >= 0.3 is 0 Å². The smallest absolute Gasteiger partial charge is 0.185 e. The molecule has 0 aliphatic heterocycles. The van der Waals surface area contributed by atoms with Crippen LogP contribution in [0.4, 0.5) is 8.78 Å². The van der Waals surface area contributed by atoms with Crippen LogP contribution in [0.5, 0.6) is 0 Å². The minimum atomic E-state index is -0.293. The van der Waals surface area contributed by atoms with Gasteiger partial charge in [0, 0.05) is 11.1 Å². The highest BCUT2D eigenvalue weighted by molar-refractivity contribution is 6.13. The molecule has 0 heterocycles. The number of hydrogen-bond donors (Lipinski definition) is 0. The molecule has 1 fully saturated rings. The van der Waals surface area contributed by atoms with Crippen molar-refractivity contribution in [3.63, 3.8) is 0 Å². The van der Waals surface area contributed by atoms with Gasteiger partial charge in [0.25, 0.3) is 0 Å². The third kappa shape index (κ3) is 3.81. The van der Waals surface area contributed by atoms with Crippen molar-refractivity contribution in [2.45, 2.75) is 19.3 Å². The lowest BCUT2D eigenvalue weighted by Crippen LogP contribution is -2.12. The zero-order valence-corrected chi connectivity index (χ0v) is 12.6. The number of halogens is 2. The van der Waals surface area contributed by atoms with Crippen molar-refractivity contribution in [3.8, 4) is 0 Å². The molecule has 0 N–H and O–H groups in total. The molecule has 0 radical (unpaired) electrons. The molecule has 2 aromatic carbocycles. The van der Waals surface area contributed by atoms with Crippen LogP contribution in [0.1, 0.15) is 30.4 Å². The van der Waals surface area contributed by atoms with Gasteiger partial charge in [-0.25, -0.2) is 8.78 Å². The predicted octanol–water partition coefficient (Wildman–Crippen LogP) is 5.18. The number of Topliss-reactive ketones (excluding diaryl/α,β-unsaturated/α-hetero) is 1. The maximum Gasteiger partial charge on any atom is 0.185 e. The molecular formula is C20H16F2O. The van der Waals surface area contributed by atoms with Gasteiger partial charge in [0.1, 0.15) is 11.6 Å². The van der Waals surface area contributed by atoms with Gasteiger partial charge in [-0.15, -0.1) is 0 Å². The van der Waals surface area contributed by atoms with Gasteiger partial charge in [-0.3, -0.25) is 4.79 Å². The minimum absolute atomic E-state index is 0.0184. The Labute approximate surface area is 134 Å². The molecule has 3 heteroatoms. The van der Waals surface area contributed by atoms with Crippen LogP contribution in [-0.4, -0.2) is 5.78 Å². The Kier molecular flexibility index (Phi) is 4.47. The van der Waals surface area contributed by atoms with Gasteiger partial charge in [0.2, 0.25) is 0 Å². The molecule has 116 valence electrons. The topological polar surface area (TPSA) is 17.1 Å². The zero-order valence-electron chi connectivity index (χ0n) is 12.6. The molecule has 1 saturated carbocycles. The van der Waals surface area contributed by atoms with Crippen LogP contribution in [0.15, 0.2) is 59.7 Å². The Morgan fingerprint density at radius 3 is 1.48 bits per heavy atom. The number of ketones is 1. The van der Waals surface area contributed by atoms with Gasteiger partial charge in [-0.1, -0.05) is 24.3 Å². The molecule has 1 aliphatic carbocycles. The second-order valence-electron chi connectivity index (χ2n) is 5.62. The van der Waals surface area contributed by atoms with Gasteiger partial charge in [0.15, 0.2) is 5.78 Å². The van der Waals surface area contributed by atoms with Crippen molar-refractivity contribution in [3.05, 3.63) is 82.4 Å². The van der Waals surface area contributed by atoms with Crippen molar-refractivity contribution in [2.24, 2.45) is 0 Å². The van der Waals surface area contributed by atoms with E-state index in [0.717, 1.165) is 41.5 Å². The van der Waals surface area contributed by atoms with Crippen LogP contribution in [0.3, 0.4) is 0 Å². The number of hydrogen-bond acceptors (Lipinski definition) is 1. The lowest BCUT2D eigenvalue weighted by Gasteiger charge is -2.16. The first kappa shape index (κ1) is 15.3. The van der Waals surface area contributed by atoms with E-state index in [2.05, 4.69) is 0 Å². The van der Waals surface area contributed by atoms with Crippen LogP contribution >= 0.6 is 0 Å². The number of benzene rings is 2. The van der Waals surface area contributed by atoms with E-state index in [1.54, 1.807) is 24.3 Å².